The number of phenolic OH excluding ortho intramolecular Hbond substituents is 1. The quantitative estimate of drug-likeness (QED) is 0.101. The molecule has 0 amide bonds. The fraction of sp³-hybridized carbons (Fsp3) is 0.514. The van der Waals surface area contributed by atoms with Crippen LogP contribution in [0, 0.1) is 0 Å². The van der Waals surface area contributed by atoms with Gasteiger partial charge in [0, 0.05) is 5.56 Å². The molecule has 0 spiro atoms. The van der Waals surface area contributed by atoms with Crippen LogP contribution in [0.1, 0.15) is 115 Å². The lowest BCUT2D eigenvalue weighted by molar-refractivity contribution is -0.00000909. The van der Waals surface area contributed by atoms with Crippen LogP contribution in [-0.2, 0) is 6.16 Å². The first-order valence-corrected chi connectivity index (χ1v) is 18.2. The molecule has 1 N–H and O–H groups in total. The van der Waals surface area contributed by atoms with Crippen molar-refractivity contribution in [1.29, 1.82) is 0 Å². The third kappa shape index (κ3) is 12.0. The van der Waals surface area contributed by atoms with Crippen LogP contribution < -0.4 is 23.0 Å². The molecule has 0 saturated carbocycles. The van der Waals surface area contributed by atoms with E-state index in [-0.39, 0.29) is 12.4 Å². The van der Waals surface area contributed by atoms with Gasteiger partial charge in [-0.05, 0) is 43.2 Å². The molecule has 0 radical (unpaired) electrons. The number of halogens is 1. The van der Waals surface area contributed by atoms with Crippen molar-refractivity contribution in [1.82, 2.24) is 0 Å². The summed E-state index contributed by atoms with van der Waals surface area (Å²) in [5.41, 5.74) is 1.08. The molecule has 0 bridgehead atoms. The fourth-order valence-corrected chi connectivity index (χ4v) is 10.4. The van der Waals surface area contributed by atoms with E-state index in [4.69, 9.17) is 0 Å². The van der Waals surface area contributed by atoms with Crippen molar-refractivity contribution in [2.45, 2.75) is 116 Å². The van der Waals surface area contributed by atoms with Crippen molar-refractivity contribution >= 4 is 17.9 Å². The number of unbranched alkanes of at least 4 members (excludes halogenated alkanes) is 15. The zero-order valence-electron chi connectivity index (χ0n) is 25.1. The van der Waals surface area contributed by atoms with Gasteiger partial charge in [0.05, 0.1) is 30.2 Å². The van der Waals surface area contributed by atoms with Gasteiger partial charge < -0.3 is 17.5 Å². The summed E-state index contributed by atoms with van der Waals surface area (Å²) in [6.45, 7) is 2.30. The van der Waals surface area contributed by atoms with Gasteiger partial charge in [0.15, 0.2) is 0 Å². The SMILES string of the molecule is CCCCCCCCCCCCCCCCCC[P+](Cc1ccccc1O)(c1ccccc1)c1ccccc1.[Cl-]. The summed E-state index contributed by atoms with van der Waals surface area (Å²) >= 11 is 0. The number of aromatic hydroxyl groups is 1. The summed E-state index contributed by atoms with van der Waals surface area (Å²) in [5, 5.41) is 13.6. The smallest absolute Gasteiger partial charge is 0.122 e. The van der Waals surface area contributed by atoms with Crippen molar-refractivity contribution in [2.24, 2.45) is 0 Å². The fourth-order valence-electron chi connectivity index (χ4n) is 5.96. The van der Waals surface area contributed by atoms with E-state index >= 15 is 0 Å². The molecular weight excluding hydrogens is 527 g/mol. The molecule has 3 aromatic rings. The summed E-state index contributed by atoms with van der Waals surface area (Å²) < 4.78 is 0. The first kappa shape index (κ1) is 34.4. The minimum absolute atomic E-state index is 0. The Labute approximate surface area is 253 Å². The molecule has 3 rings (SSSR count). The Morgan fingerprint density at radius 3 is 1.27 bits per heavy atom. The molecule has 0 aliphatic carbocycles. The van der Waals surface area contributed by atoms with Crippen LogP contribution in [0.5, 0.6) is 5.75 Å². The van der Waals surface area contributed by atoms with Crippen LogP contribution in [0.15, 0.2) is 84.9 Å². The molecule has 1 nitrogen and oxygen atoms in total. The Balaban J connectivity index is 0.00000560. The van der Waals surface area contributed by atoms with E-state index in [1.54, 1.807) is 0 Å². The number of rotatable bonds is 21. The normalized spacial score (nSPS) is 11.3. The number of hydrogen-bond donors (Lipinski definition) is 1. The van der Waals surface area contributed by atoms with E-state index < -0.39 is 7.26 Å². The molecule has 3 aromatic carbocycles. The van der Waals surface area contributed by atoms with Crippen LogP contribution in [-0.4, -0.2) is 11.3 Å². The molecular formula is C37H54ClOP. The second-order valence-corrected chi connectivity index (χ2v) is 15.2. The van der Waals surface area contributed by atoms with Crippen molar-refractivity contribution in [3.05, 3.63) is 90.5 Å². The van der Waals surface area contributed by atoms with E-state index in [0.717, 1.165) is 11.7 Å². The highest BCUT2D eigenvalue weighted by molar-refractivity contribution is 7.88. The van der Waals surface area contributed by atoms with Crippen LogP contribution in [0.4, 0.5) is 0 Å². The van der Waals surface area contributed by atoms with Crippen LogP contribution >= 0.6 is 7.26 Å². The second kappa shape index (κ2) is 21.0. The first-order chi connectivity index (χ1) is 19.3. The lowest BCUT2D eigenvalue weighted by Crippen LogP contribution is -3.00. The zero-order valence-corrected chi connectivity index (χ0v) is 26.7. The minimum Gasteiger partial charge on any atom is -1.00 e. The molecule has 0 aliphatic heterocycles. The highest BCUT2D eigenvalue weighted by Gasteiger charge is 2.42. The van der Waals surface area contributed by atoms with Gasteiger partial charge in [0.1, 0.15) is 5.75 Å². The highest BCUT2D eigenvalue weighted by atomic mass is 35.5. The number of phenols is 1. The molecule has 220 valence electrons. The Bertz CT molecular complexity index is 967. The van der Waals surface area contributed by atoms with Gasteiger partial charge in [-0.2, -0.15) is 0 Å². The standard InChI is InChI=1S/C37H53OP.ClH/c1-2-3-4-5-6-7-8-9-10-11-12-13-14-15-16-25-32-39(35-27-19-17-20-28-35,36-29-21-18-22-30-36)33-34-26-23-24-31-37(34)38;/h17-24,26-31H,2-16,25,32-33H2,1H3;1H. The van der Waals surface area contributed by atoms with Gasteiger partial charge >= 0.3 is 0 Å². The second-order valence-electron chi connectivity index (χ2n) is 11.5. The Hall–Kier alpha value is -1.82. The van der Waals surface area contributed by atoms with Crippen molar-refractivity contribution < 1.29 is 17.5 Å². The average Bonchev–Trinajstić information content (AvgIpc) is 2.98. The van der Waals surface area contributed by atoms with E-state index in [9.17, 15) is 5.11 Å². The summed E-state index contributed by atoms with van der Waals surface area (Å²) in [6, 6.07) is 30.2. The predicted molar refractivity (Wildman–Crippen MR) is 175 cm³/mol. The maximum absolute atomic E-state index is 10.7. The van der Waals surface area contributed by atoms with Gasteiger partial charge in [0.25, 0.3) is 0 Å². The molecule has 40 heavy (non-hydrogen) atoms. The van der Waals surface area contributed by atoms with Gasteiger partial charge in [-0.1, -0.05) is 151 Å². The van der Waals surface area contributed by atoms with Crippen LogP contribution in [0.3, 0.4) is 0 Å². The predicted octanol–water partition coefficient (Wildman–Crippen LogP) is 7.83. The third-order valence-electron chi connectivity index (χ3n) is 8.33. The molecule has 0 aromatic heterocycles. The minimum atomic E-state index is -1.70. The lowest BCUT2D eigenvalue weighted by Gasteiger charge is -2.28. The van der Waals surface area contributed by atoms with E-state index in [1.807, 2.05) is 12.1 Å². The number of para-hydroxylation sites is 1. The molecule has 0 fully saturated rings. The van der Waals surface area contributed by atoms with Crippen molar-refractivity contribution in [2.75, 3.05) is 6.16 Å². The van der Waals surface area contributed by atoms with Gasteiger partial charge in [-0.15, -0.1) is 0 Å². The van der Waals surface area contributed by atoms with E-state index in [1.165, 1.54) is 120 Å². The summed E-state index contributed by atoms with van der Waals surface area (Å²) in [7, 11) is -1.70. The lowest BCUT2D eigenvalue weighted by atomic mass is 10.0. The summed E-state index contributed by atoms with van der Waals surface area (Å²) in [6.07, 6.45) is 24.5. The molecule has 0 aliphatic rings. The Morgan fingerprint density at radius 1 is 0.475 bits per heavy atom. The first-order valence-electron chi connectivity index (χ1n) is 16.0. The molecule has 0 atom stereocenters. The molecule has 3 heteroatoms. The van der Waals surface area contributed by atoms with Crippen LogP contribution in [0.2, 0.25) is 0 Å². The molecule has 0 saturated heterocycles. The van der Waals surface area contributed by atoms with Crippen LogP contribution in [0.25, 0.3) is 0 Å². The van der Waals surface area contributed by atoms with Gasteiger partial charge in [-0.25, -0.2) is 0 Å². The molecule has 0 heterocycles. The zero-order chi connectivity index (χ0) is 27.4. The van der Waals surface area contributed by atoms with Crippen molar-refractivity contribution in [3.8, 4) is 5.75 Å². The highest BCUT2D eigenvalue weighted by Crippen LogP contribution is 2.60. The largest absolute Gasteiger partial charge is 1.00 e. The Kier molecular flexibility index (Phi) is 18.0. The van der Waals surface area contributed by atoms with Gasteiger partial charge in [-0.3, -0.25) is 0 Å². The third-order valence-corrected chi connectivity index (χ3v) is 12.9. The van der Waals surface area contributed by atoms with Crippen molar-refractivity contribution in [3.63, 3.8) is 0 Å². The summed E-state index contributed by atoms with van der Waals surface area (Å²) in [5.74, 6) is 0.431. The number of hydrogen-bond acceptors (Lipinski definition) is 1. The Morgan fingerprint density at radius 2 is 0.850 bits per heavy atom. The summed E-state index contributed by atoms with van der Waals surface area (Å²) in [4.78, 5) is 0. The topological polar surface area (TPSA) is 20.2 Å². The maximum Gasteiger partial charge on any atom is 0.122 e. The average molecular weight is 581 g/mol. The van der Waals surface area contributed by atoms with Gasteiger partial charge in [0.2, 0.25) is 0 Å². The molecule has 0 unspecified atom stereocenters. The van der Waals surface area contributed by atoms with E-state index in [0.29, 0.717) is 5.75 Å². The van der Waals surface area contributed by atoms with E-state index in [2.05, 4.69) is 79.7 Å². The number of benzene rings is 3. The maximum atomic E-state index is 10.7. The monoisotopic (exact) mass is 580 g/mol.